The van der Waals surface area contributed by atoms with E-state index in [0.29, 0.717) is 5.92 Å². The van der Waals surface area contributed by atoms with E-state index in [1.165, 1.54) is 11.3 Å². The summed E-state index contributed by atoms with van der Waals surface area (Å²) in [5.74, 6) is 0.553. The molecular weight excluding hydrogens is 174 g/mol. The van der Waals surface area contributed by atoms with Crippen LogP contribution in [0.2, 0.25) is 0 Å². The predicted octanol–water partition coefficient (Wildman–Crippen LogP) is 1.96. The van der Waals surface area contributed by atoms with Crippen molar-refractivity contribution in [2.24, 2.45) is 7.05 Å². The van der Waals surface area contributed by atoms with Crippen molar-refractivity contribution in [2.75, 3.05) is 6.54 Å². The van der Waals surface area contributed by atoms with Gasteiger partial charge in [0, 0.05) is 19.2 Å². The molecule has 1 aromatic heterocycles. The highest BCUT2D eigenvalue weighted by atomic mass is 15.3. The molecule has 0 saturated heterocycles. The summed E-state index contributed by atoms with van der Waals surface area (Å²) >= 11 is 0. The molecule has 3 heteroatoms. The molecule has 0 spiro atoms. The summed E-state index contributed by atoms with van der Waals surface area (Å²) in [6.07, 6.45) is 0. The molecule has 0 fully saturated rings. The second kappa shape index (κ2) is 4.60. The number of aromatic nitrogens is 2. The lowest BCUT2D eigenvalue weighted by molar-refractivity contribution is 0.633. The van der Waals surface area contributed by atoms with Gasteiger partial charge in [0.1, 0.15) is 0 Å². The Balaban J connectivity index is 2.99. The minimum Gasteiger partial charge on any atom is -0.311 e. The number of rotatable bonds is 4. The molecule has 1 N–H and O–H groups in total. The van der Waals surface area contributed by atoms with Crippen molar-refractivity contribution >= 4 is 0 Å². The molecule has 80 valence electrons. The van der Waals surface area contributed by atoms with Crippen LogP contribution in [0.15, 0.2) is 0 Å². The molecule has 1 aromatic rings. The lowest BCUT2D eigenvalue weighted by Gasteiger charge is -2.09. The number of nitrogens with zero attached hydrogens (tertiary/aromatic N) is 2. The van der Waals surface area contributed by atoms with Crippen molar-refractivity contribution in [1.82, 2.24) is 15.1 Å². The fourth-order valence-corrected chi connectivity index (χ4v) is 1.93. The lowest BCUT2D eigenvalue weighted by atomic mass is 10.0. The van der Waals surface area contributed by atoms with Crippen LogP contribution in [-0.4, -0.2) is 16.3 Å². The molecule has 3 nitrogen and oxygen atoms in total. The molecule has 0 saturated carbocycles. The smallest absolute Gasteiger partial charge is 0.0631 e. The van der Waals surface area contributed by atoms with E-state index in [1.54, 1.807) is 0 Å². The average Bonchev–Trinajstić information content (AvgIpc) is 2.37. The largest absolute Gasteiger partial charge is 0.311 e. The molecule has 0 aliphatic rings. The van der Waals surface area contributed by atoms with Gasteiger partial charge in [-0.25, -0.2) is 0 Å². The van der Waals surface area contributed by atoms with Gasteiger partial charge in [-0.15, -0.1) is 0 Å². The fourth-order valence-electron chi connectivity index (χ4n) is 1.93. The highest BCUT2D eigenvalue weighted by molar-refractivity contribution is 5.28. The third kappa shape index (κ3) is 2.15. The van der Waals surface area contributed by atoms with E-state index in [-0.39, 0.29) is 0 Å². The SMILES string of the molecule is CCNCc1c(C(C)C)c(C)nn1C. The second-order valence-corrected chi connectivity index (χ2v) is 4.00. The Labute approximate surface area is 86.5 Å². The zero-order chi connectivity index (χ0) is 10.7. The van der Waals surface area contributed by atoms with Gasteiger partial charge in [-0.05, 0) is 19.4 Å². The Hall–Kier alpha value is -0.830. The average molecular weight is 195 g/mol. The summed E-state index contributed by atoms with van der Waals surface area (Å²) in [5.41, 5.74) is 3.88. The van der Waals surface area contributed by atoms with Gasteiger partial charge >= 0.3 is 0 Å². The molecule has 14 heavy (non-hydrogen) atoms. The third-order valence-electron chi connectivity index (χ3n) is 2.51. The van der Waals surface area contributed by atoms with Crippen LogP contribution in [0.3, 0.4) is 0 Å². The molecule has 0 radical (unpaired) electrons. The molecule has 1 rings (SSSR count). The Kier molecular flexibility index (Phi) is 3.69. The minimum atomic E-state index is 0.553. The van der Waals surface area contributed by atoms with E-state index in [4.69, 9.17) is 0 Å². The zero-order valence-electron chi connectivity index (χ0n) is 9.89. The predicted molar refractivity (Wildman–Crippen MR) is 59.4 cm³/mol. The molecule has 1 heterocycles. The van der Waals surface area contributed by atoms with Crippen LogP contribution < -0.4 is 5.32 Å². The third-order valence-corrected chi connectivity index (χ3v) is 2.51. The highest BCUT2D eigenvalue weighted by Gasteiger charge is 2.14. The van der Waals surface area contributed by atoms with Crippen LogP contribution in [0.4, 0.5) is 0 Å². The number of hydrogen-bond acceptors (Lipinski definition) is 2. The zero-order valence-corrected chi connectivity index (χ0v) is 9.89. The number of nitrogens with one attached hydrogen (secondary N) is 1. The molecule has 0 bridgehead atoms. The van der Waals surface area contributed by atoms with Crippen molar-refractivity contribution in [1.29, 1.82) is 0 Å². The maximum atomic E-state index is 4.46. The van der Waals surface area contributed by atoms with E-state index in [2.05, 4.69) is 38.1 Å². The van der Waals surface area contributed by atoms with Gasteiger partial charge in [0.25, 0.3) is 0 Å². The van der Waals surface area contributed by atoms with Crippen LogP contribution in [-0.2, 0) is 13.6 Å². The highest BCUT2D eigenvalue weighted by Crippen LogP contribution is 2.22. The van der Waals surface area contributed by atoms with Crippen molar-refractivity contribution in [2.45, 2.75) is 40.2 Å². The van der Waals surface area contributed by atoms with Crippen molar-refractivity contribution in [3.05, 3.63) is 17.0 Å². The molecule has 0 aromatic carbocycles. The quantitative estimate of drug-likeness (QED) is 0.796. The first-order valence-electron chi connectivity index (χ1n) is 5.31. The monoisotopic (exact) mass is 195 g/mol. The van der Waals surface area contributed by atoms with Crippen LogP contribution >= 0.6 is 0 Å². The summed E-state index contributed by atoms with van der Waals surface area (Å²) in [5, 5.41) is 7.81. The van der Waals surface area contributed by atoms with Gasteiger partial charge in [0.15, 0.2) is 0 Å². The van der Waals surface area contributed by atoms with Crippen molar-refractivity contribution in [3.63, 3.8) is 0 Å². The maximum Gasteiger partial charge on any atom is 0.0631 e. The van der Waals surface area contributed by atoms with Crippen LogP contribution in [0, 0.1) is 6.92 Å². The molecule has 0 aliphatic carbocycles. The fraction of sp³-hybridized carbons (Fsp3) is 0.727. The first-order valence-corrected chi connectivity index (χ1v) is 5.31. The Morgan fingerprint density at radius 3 is 2.57 bits per heavy atom. The van der Waals surface area contributed by atoms with E-state index in [1.807, 2.05) is 11.7 Å². The van der Waals surface area contributed by atoms with Gasteiger partial charge in [-0.2, -0.15) is 5.10 Å². The molecule has 0 atom stereocenters. The van der Waals surface area contributed by atoms with Crippen LogP contribution in [0.25, 0.3) is 0 Å². The lowest BCUT2D eigenvalue weighted by Crippen LogP contribution is -2.16. The first kappa shape index (κ1) is 11.2. The Bertz CT molecular complexity index is 300. The van der Waals surface area contributed by atoms with Gasteiger partial charge < -0.3 is 5.32 Å². The Morgan fingerprint density at radius 2 is 2.07 bits per heavy atom. The molecular formula is C11H21N3. The molecule has 0 unspecified atom stereocenters. The topological polar surface area (TPSA) is 29.9 Å². The normalized spacial score (nSPS) is 11.3. The van der Waals surface area contributed by atoms with Gasteiger partial charge in [0.2, 0.25) is 0 Å². The van der Waals surface area contributed by atoms with E-state index < -0.39 is 0 Å². The van der Waals surface area contributed by atoms with Crippen LogP contribution in [0.1, 0.15) is 43.6 Å². The van der Waals surface area contributed by atoms with E-state index in [0.717, 1.165) is 18.8 Å². The van der Waals surface area contributed by atoms with Crippen molar-refractivity contribution in [3.8, 4) is 0 Å². The molecule has 0 amide bonds. The van der Waals surface area contributed by atoms with E-state index >= 15 is 0 Å². The standard InChI is InChI=1S/C11H21N3/c1-6-12-7-10-11(8(2)3)9(4)13-14(10)5/h8,12H,6-7H2,1-5H3. The second-order valence-electron chi connectivity index (χ2n) is 4.00. The number of hydrogen-bond donors (Lipinski definition) is 1. The van der Waals surface area contributed by atoms with E-state index in [9.17, 15) is 0 Å². The Morgan fingerprint density at radius 1 is 1.43 bits per heavy atom. The van der Waals surface area contributed by atoms with Crippen molar-refractivity contribution < 1.29 is 0 Å². The summed E-state index contributed by atoms with van der Waals surface area (Å²) < 4.78 is 1.99. The minimum absolute atomic E-state index is 0.553. The van der Waals surface area contributed by atoms with Gasteiger partial charge in [-0.3, -0.25) is 4.68 Å². The summed E-state index contributed by atoms with van der Waals surface area (Å²) in [6, 6.07) is 0. The summed E-state index contributed by atoms with van der Waals surface area (Å²) in [4.78, 5) is 0. The first-order chi connectivity index (χ1) is 6.57. The van der Waals surface area contributed by atoms with Crippen LogP contribution in [0.5, 0.6) is 0 Å². The number of aryl methyl sites for hydroxylation is 2. The molecule has 0 aliphatic heterocycles. The summed E-state index contributed by atoms with van der Waals surface area (Å²) in [6.45, 7) is 10.6. The maximum absolute atomic E-state index is 4.46. The van der Waals surface area contributed by atoms with Gasteiger partial charge in [0.05, 0.1) is 11.4 Å². The van der Waals surface area contributed by atoms with Gasteiger partial charge in [-0.1, -0.05) is 20.8 Å². The summed E-state index contributed by atoms with van der Waals surface area (Å²) in [7, 11) is 2.02.